The number of carbonyl (C=O) groups excluding carboxylic acids is 2. The maximum atomic E-state index is 12.0. The Morgan fingerprint density at radius 1 is 1.29 bits per heavy atom. The Labute approximate surface area is 119 Å². The number of aliphatic hydroxyl groups excluding tert-OH is 1. The van der Waals surface area contributed by atoms with Crippen LogP contribution >= 0.6 is 0 Å². The lowest BCUT2D eigenvalue weighted by Crippen LogP contribution is -2.44. The van der Waals surface area contributed by atoms with Crippen LogP contribution in [-0.4, -0.2) is 54.2 Å². The first kappa shape index (κ1) is 17.0. The van der Waals surface area contributed by atoms with Gasteiger partial charge in [0.1, 0.15) is 0 Å². The molecular weight excluding hydrogens is 289 g/mol. The number of likely N-dealkylation sites (N-methyl/N-ethyl adjacent to an activating group) is 1. The molecule has 1 aromatic rings. The van der Waals surface area contributed by atoms with E-state index in [0.29, 0.717) is 5.56 Å². The SMILES string of the molecule is CN(CC(=O)NCC(O)C(F)(F)F)C(=O)c1ccccc1. The van der Waals surface area contributed by atoms with E-state index in [-0.39, 0.29) is 0 Å². The Kier molecular flexibility index (Phi) is 5.71. The smallest absolute Gasteiger partial charge is 0.382 e. The predicted octanol–water partition coefficient (Wildman–Crippen LogP) is 0.798. The summed E-state index contributed by atoms with van der Waals surface area (Å²) < 4.78 is 36.1. The van der Waals surface area contributed by atoms with Crippen LogP contribution in [0.3, 0.4) is 0 Å². The number of rotatable bonds is 5. The second-order valence-electron chi connectivity index (χ2n) is 4.39. The molecule has 0 aliphatic heterocycles. The van der Waals surface area contributed by atoms with Gasteiger partial charge in [0, 0.05) is 12.6 Å². The Hall–Kier alpha value is -2.09. The standard InChI is InChI=1S/C13H15F3N2O3/c1-18(12(21)9-5-3-2-4-6-9)8-11(20)17-7-10(19)13(14,15)16/h2-6,10,19H,7-8H2,1H3,(H,17,20). The monoisotopic (exact) mass is 304 g/mol. The van der Waals surface area contributed by atoms with Crippen molar-refractivity contribution in [1.29, 1.82) is 0 Å². The summed E-state index contributed by atoms with van der Waals surface area (Å²) in [6.45, 7) is -1.35. The van der Waals surface area contributed by atoms with Crippen molar-refractivity contribution in [3.8, 4) is 0 Å². The fraction of sp³-hybridized carbons (Fsp3) is 0.385. The second kappa shape index (κ2) is 7.07. The number of nitrogens with zero attached hydrogens (tertiary/aromatic N) is 1. The van der Waals surface area contributed by atoms with E-state index in [0.717, 1.165) is 4.90 Å². The lowest BCUT2D eigenvalue weighted by Gasteiger charge is -2.18. The van der Waals surface area contributed by atoms with Gasteiger partial charge in [0.05, 0.1) is 13.1 Å². The highest BCUT2D eigenvalue weighted by Gasteiger charge is 2.38. The third-order valence-electron chi connectivity index (χ3n) is 2.62. The largest absolute Gasteiger partial charge is 0.416 e. The lowest BCUT2D eigenvalue weighted by atomic mass is 10.2. The number of hydrogen-bond acceptors (Lipinski definition) is 3. The van der Waals surface area contributed by atoms with Gasteiger partial charge in [-0.15, -0.1) is 0 Å². The molecule has 1 aromatic carbocycles. The number of amides is 2. The predicted molar refractivity (Wildman–Crippen MR) is 68.5 cm³/mol. The highest BCUT2D eigenvalue weighted by atomic mass is 19.4. The molecule has 0 spiro atoms. The summed E-state index contributed by atoms with van der Waals surface area (Å²) >= 11 is 0. The van der Waals surface area contributed by atoms with Crippen molar-refractivity contribution in [1.82, 2.24) is 10.2 Å². The average molecular weight is 304 g/mol. The van der Waals surface area contributed by atoms with E-state index in [1.807, 2.05) is 5.32 Å². The van der Waals surface area contributed by atoms with E-state index < -0.39 is 37.2 Å². The van der Waals surface area contributed by atoms with E-state index in [9.17, 15) is 22.8 Å². The minimum atomic E-state index is -4.79. The zero-order chi connectivity index (χ0) is 16.0. The average Bonchev–Trinajstić information content (AvgIpc) is 2.43. The number of hydrogen-bond donors (Lipinski definition) is 2. The topological polar surface area (TPSA) is 69.6 Å². The van der Waals surface area contributed by atoms with Crippen LogP contribution in [-0.2, 0) is 4.79 Å². The van der Waals surface area contributed by atoms with Crippen LogP contribution in [0, 0.1) is 0 Å². The summed E-state index contributed by atoms with van der Waals surface area (Å²) in [6, 6.07) is 8.15. The molecule has 0 aliphatic rings. The molecule has 0 radical (unpaired) electrons. The van der Waals surface area contributed by atoms with Gasteiger partial charge in [-0.1, -0.05) is 18.2 Å². The van der Waals surface area contributed by atoms with Crippen molar-refractivity contribution in [2.45, 2.75) is 12.3 Å². The molecule has 0 fully saturated rings. The zero-order valence-corrected chi connectivity index (χ0v) is 11.2. The van der Waals surface area contributed by atoms with Crippen LogP contribution in [0.1, 0.15) is 10.4 Å². The highest BCUT2D eigenvalue weighted by Crippen LogP contribution is 2.19. The number of aliphatic hydroxyl groups is 1. The Balaban J connectivity index is 2.46. The van der Waals surface area contributed by atoms with Crippen LogP contribution < -0.4 is 5.32 Å². The summed E-state index contributed by atoms with van der Waals surface area (Å²) in [5, 5.41) is 10.7. The van der Waals surface area contributed by atoms with Gasteiger partial charge in [-0.2, -0.15) is 13.2 Å². The molecule has 1 atom stereocenters. The quantitative estimate of drug-likeness (QED) is 0.845. The Morgan fingerprint density at radius 2 is 1.86 bits per heavy atom. The van der Waals surface area contributed by atoms with Crippen molar-refractivity contribution in [3.05, 3.63) is 35.9 Å². The second-order valence-corrected chi connectivity index (χ2v) is 4.39. The maximum absolute atomic E-state index is 12.0. The van der Waals surface area contributed by atoms with Crippen LogP contribution in [0.4, 0.5) is 13.2 Å². The van der Waals surface area contributed by atoms with Gasteiger partial charge in [0.15, 0.2) is 6.10 Å². The summed E-state index contributed by atoms with van der Waals surface area (Å²) in [5.74, 6) is -1.22. The van der Waals surface area contributed by atoms with E-state index in [2.05, 4.69) is 0 Å². The molecule has 2 N–H and O–H groups in total. The van der Waals surface area contributed by atoms with E-state index >= 15 is 0 Å². The number of benzene rings is 1. The van der Waals surface area contributed by atoms with Gasteiger partial charge in [-0.3, -0.25) is 9.59 Å². The minimum Gasteiger partial charge on any atom is -0.382 e. The van der Waals surface area contributed by atoms with Crippen LogP contribution in [0.5, 0.6) is 0 Å². The first-order chi connectivity index (χ1) is 9.71. The summed E-state index contributed by atoms with van der Waals surface area (Å²) in [5.41, 5.74) is 0.364. The van der Waals surface area contributed by atoms with Crippen molar-refractivity contribution >= 4 is 11.8 Å². The van der Waals surface area contributed by atoms with Crippen molar-refractivity contribution < 1.29 is 27.9 Å². The Bertz CT molecular complexity index is 491. The third-order valence-corrected chi connectivity index (χ3v) is 2.62. The molecule has 0 aliphatic carbocycles. The van der Waals surface area contributed by atoms with Gasteiger partial charge in [-0.25, -0.2) is 0 Å². The van der Waals surface area contributed by atoms with Gasteiger partial charge in [-0.05, 0) is 12.1 Å². The minimum absolute atomic E-state index is 0.364. The number of carbonyl (C=O) groups is 2. The van der Waals surface area contributed by atoms with Crippen molar-refractivity contribution in [2.24, 2.45) is 0 Å². The van der Waals surface area contributed by atoms with Gasteiger partial charge >= 0.3 is 6.18 Å². The first-order valence-corrected chi connectivity index (χ1v) is 6.04. The molecule has 8 heteroatoms. The van der Waals surface area contributed by atoms with Gasteiger partial charge in [0.25, 0.3) is 5.91 Å². The van der Waals surface area contributed by atoms with Crippen LogP contribution in [0.15, 0.2) is 30.3 Å². The van der Waals surface area contributed by atoms with Crippen LogP contribution in [0.2, 0.25) is 0 Å². The van der Waals surface area contributed by atoms with E-state index in [4.69, 9.17) is 5.11 Å². The maximum Gasteiger partial charge on any atom is 0.416 e. The number of alkyl halides is 3. The molecule has 0 aromatic heterocycles. The summed E-state index contributed by atoms with van der Waals surface area (Å²) in [6.07, 6.45) is -7.42. The first-order valence-electron chi connectivity index (χ1n) is 6.04. The third kappa shape index (κ3) is 5.42. The number of halogens is 3. The highest BCUT2D eigenvalue weighted by molar-refractivity contribution is 5.96. The summed E-state index contributed by atoms with van der Waals surface area (Å²) in [4.78, 5) is 24.4. The lowest BCUT2D eigenvalue weighted by molar-refractivity contribution is -0.201. The van der Waals surface area contributed by atoms with Crippen molar-refractivity contribution in [3.63, 3.8) is 0 Å². The molecule has 0 saturated carbocycles. The van der Waals surface area contributed by atoms with Gasteiger partial charge in [0.2, 0.25) is 5.91 Å². The van der Waals surface area contributed by atoms with Crippen molar-refractivity contribution in [2.75, 3.05) is 20.1 Å². The number of nitrogens with one attached hydrogen (secondary N) is 1. The molecule has 0 saturated heterocycles. The summed E-state index contributed by atoms with van der Waals surface area (Å²) in [7, 11) is 1.36. The molecule has 0 bridgehead atoms. The fourth-order valence-corrected chi connectivity index (χ4v) is 1.47. The Morgan fingerprint density at radius 3 is 2.38 bits per heavy atom. The molecule has 0 heterocycles. The molecule has 1 unspecified atom stereocenters. The van der Waals surface area contributed by atoms with Crippen LogP contribution in [0.25, 0.3) is 0 Å². The molecule has 21 heavy (non-hydrogen) atoms. The van der Waals surface area contributed by atoms with E-state index in [1.54, 1.807) is 30.3 Å². The molecule has 116 valence electrons. The molecule has 5 nitrogen and oxygen atoms in total. The van der Waals surface area contributed by atoms with Gasteiger partial charge < -0.3 is 15.3 Å². The van der Waals surface area contributed by atoms with E-state index in [1.165, 1.54) is 7.05 Å². The normalized spacial score (nSPS) is 12.6. The fourth-order valence-electron chi connectivity index (χ4n) is 1.47. The molecular formula is C13H15F3N2O3. The molecule has 1 rings (SSSR count). The molecule has 2 amide bonds. The zero-order valence-electron chi connectivity index (χ0n) is 11.2.